The van der Waals surface area contributed by atoms with Crippen LogP contribution in [0.3, 0.4) is 0 Å². The highest BCUT2D eigenvalue weighted by Gasteiger charge is 1.95. The molecule has 0 aromatic carbocycles. The molecule has 10 heavy (non-hydrogen) atoms. The Morgan fingerprint density at radius 3 is 2.70 bits per heavy atom. The van der Waals surface area contributed by atoms with Crippen LogP contribution < -0.4 is 5.32 Å². The molecule has 0 saturated carbocycles. The lowest BCUT2D eigenvalue weighted by atomic mass is 10.3. The van der Waals surface area contributed by atoms with Gasteiger partial charge in [0.15, 0.2) is 5.78 Å². The molecule has 0 aliphatic carbocycles. The third kappa shape index (κ3) is 5.72. The van der Waals surface area contributed by atoms with Gasteiger partial charge in [0, 0.05) is 6.42 Å². The van der Waals surface area contributed by atoms with E-state index >= 15 is 0 Å². The maximum atomic E-state index is 10.6. The summed E-state index contributed by atoms with van der Waals surface area (Å²) in [5.74, 6) is 0.151. The van der Waals surface area contributed by atoms with E-state index in [9.17, 15) is 4.79 Å². The Labute approximate surface area is 61.8 Å². The monoisotopic (exact) mass is 145 g/mol. The summed E-state index contributed by atoms with van der Waals surface area (Å²) in [6, 6.07) is 0. The third-order valence-corrected chi connectivity index (χ3v) is 1.11. The summed E-state index contributed by atoms with van der Waals surface area (Å²) in [5, 5.41) is 2.95. The van der Waals surface area contributed by atoms with Gasteiger partial charge in [0.1, 0.15) is 6.61 Å². The van der Waals surface area contributed by atoms with Gasteiger partial charge in [-0.05, 0) is 6.54 Å². The number of nitrogens with one attached hydrogen (secondary N) is 1. The van der Waals surface area contributed by atoms with Crippen molar-refractivity contribution in [1.29, 1.82) is 0 Å². The molecule has 0 heterocycles. The van der Waals surface area contributed by atoms with E-state index in [1.54, 1.807) is 0 Å². The predicted octanol–water partition coefficient (Wildman–Crippen LogP) is 0.549. The van der Waals surface area contributed by atoms with Crippen molar-refractivity contribution < 1.29 is 9.53 Å². The van der Waals surface area contributed by atoms with Crippen LogP contribution in [0.4, 0.5) is 0 Å². The molecule has 3 heteroatoms. The van der Waals surface area contributed by atoms with Crippen LogP contribution in [-0.2, 0) is 9.53 Å². The fourth-order valence-corrected chi connectivity index (χ4v) is 0.441. The minimum atomic E-state index is 0.151. The SMILES string of the molecule is CCNCOCC(=O)CC. The minimum absolute atomic E-state index is 0.151. The Balaban J connectivity index is 2.96. The number of ketones is 1. The maximum Gasteiger partial charge on any atom is 0.158 e. The molecule has 60 valence electrons. The number of carbonyl (C=O) groups excluding carboxylic acids is 1. The first-order valence-electron chi connectivity index (χ1n) is 3.61. The second kappa shape index (κ2) is 6.71. The van der Waals surface area contributed by atoms with Crippen LogP contribution in [-0.4, -0.2) is 25.7 Å². The molecular weight excluding hydrogens is 130 g/mol. The highest BCUT2D eigenvalue weighted by atomic mass is 16.5. The molecule has 0 bridgehead atoms. The maximum absolute atomic E-state index is 10.6. The highest BCUT2D eigenvalue weighted by molar-refractivity contribution is 5.79. The fraction of sp³-hybridized carbons (Fsp3) is 0.857. The van der Waals surface area contributed by atoms with Gasteiger partial charge in [0.25, 0.3) is 0 Å². The first-order valence-corrected chi connectivity index (χ1v) is 3.61. The number of carbonyl (C=O) groups is 1. The summed E-state index contributed by atoms with van der Waals surface area (Å²) in [7, 11) is 0. The van der Waals surface area contributed by atoms with Crippen LogP contribution in [0.1, 0.15) is 20.3 Å². The van der Waals surface area contributed by atoms with Crippen molar-refractivity contribution in [2.45, 2.75) is 20.3 Å². The van der Waals surface area contributed by atoms with Gasteiger partial charge < -0.3 is 4.74 Å². The molecule has 1 N–H and O–H groups in total. The summed E-state index contributed by atoms with van der Waals surface area (Å²) in [6.07, 6.45) is 0.562. The molecule has 0 aromatic heterocycles. The standard InChI is InChI=1S/C7H15NO2/c1-3-7(9)5-10-6-8-4-2/h8H,3-6H2,1-2H3. The van der Waals surface area contributed by atoms with Crippen molar-refractivity contribution in [3.05, 3.63) is 0 Å². The van der Waals surface area contributed by atoms with E-state index in [0.717, 1.165) is 6.54 Å². The van der Waals surface area contributed by atoms with Crippen molar-refractivity contribution in [3.8, 4) is 0 Å². The average Bonchev–Trinajstić information content (AvgIpc) is 1.98. The quantitative estimate of drug-likeness (QED) is 0.438. The van der Waals surface area contributed by atoms with Gasteiger partial charge in [-0.1, -0.05) is 13.8 Å². The summed E-state index contributed by atoms with van der Waals surface area (Å²) < 4.78 is 4.97. The number of rotatable bonds is 6. The summed E-state index contributed by atoms with van der Waals surface area (Å²) in [6.45, 7) is 5.41. The molecule has 0 aliphatic heterocycles. The normalized spacial score (nSPS) is 9.80. The summed E-state index contributed by atoms with van der Waals surface area (Å²) >= 11 is 0. The number of hydrogen-bond acceptors (Lipinski definition) is 3. The average molecular weight is 145 g/mol. The van der Waals surface area contributed by atoms with Crippen molar-refractivity contribution >= 4 is 5.78 Å². The molecule has 0 saturated heterocycles. The Morgan fingerprint density at radius 1 is 1.50 bits per heavy atom. The van der Waals surface area contributed by atoms with Crippen molar-refractivity contribution in [3.63, 3.8) is 0 Å². The van der Waals surface area contributed by atoms with Gasteiger partial charge in [0.05, 0.1) is 6.73 Å². The van der Waals surface area contributed by atoms with Gasteiger partial charge in [-0.2, -0.15) is 0 Å². The number of hydrogen-bond donors (Lipinski definition) is 1. The lowest BCUT2D eigenvalue weighted by Crippen LogP contribution is -2.19. The molecule has 0 radical (unpaired) electrons. The van der Waals surface area contributed by atoms with Crippen LogP contribution in [0.15, 0.2) is 0 Å². The predicted molar refractivity (Wildman–Crippen MR) is 39.8 cm³/mol. The molecule has 0 spiro atoms. The zero-order chi connectivity index (χ0) is 7.82. The van der Waals surface area contributed by atoms with E-state index in [4.69, 9.17) is 4.74 Å². The van der Waals surface area contributed by atoms with E-state index in [1.165, 1.54) is 0 Å². The molecule has 0 aromatic rings. The third-order valence-electron chi connectivity index (χ3n) is 1.11. The van der Waals surface area contributed by atoms with Gasteiger partial charge in [-0.15, -0.1) is 0 Å². The fourth-order valence-electron chi connectivity index (χ4n) is 0.441. The Bertz CT molecular complexity index is 93.6. The van der Waals surface area contributed by atoms with Gasteiger partial charge in [0.2, 0.25) is 0 Å². The van der Waals surface area contributed by atoms with E-state index in [-0.39, 0.29) is 12.4 Å². The van der Waals surface area contributed by atoms with E-state index < -0.39 is 0 Å². The van der Waals surface area contributed by atoms with Crippen LogP contribution >= 0.6 is 0 Å². The molecule has 3 nitrogen and oxygen atoms in total. The van der Waals surface area contributed by atoms with Gasteiger partial charge >= 0.3 is 0 Å². The molecule has 0 amide bonds. The first kappa shape index (κ1) is 9.59. The van der Waals surface area contributed by atoms with Crippen LogP contribution in [0.5, 0.6) is 0 Å². The lowest BCUT2D eigenvalue weighted by molar-refractivity contribution is -0.123. The first-order chi connectivity index (χ1) is 4.81. The zero-order valence-corrected chi connectivity index (χ0v) is 6.64. The second-order valence-corrected chi connectivity index (χ2v) is 1.99. The van der Waals surface area contributed by atoms with Crippen molar-refractivity contribution in [2.24, 2.45) is 0 Å². The zero-order valence-electron chi connectivity index (χ0n) is 6.64. The molecule has 0 fully saturated rings. The minimum Gasteiger partial charge on any atom is -0.359 e. The van der Waals surface area contributed by atoms with Gasteiger partial charge in [-0.25, -0.2) is 0 Å². The topological polar surface area (TPSA) is 38.3 Å². The van der Waals surface area contributed by atoms with Gasteiger partial charge in [-0.3, -0.25) is 10.1 Å². The molecular formula is C7H15NO2. The number of Topliss-reactive ketones (excluding diaryl/α,β-unsaturated/α-hetero) is 1. The molecule has 0 atom stereocenters. The Hall–Kier alpha value is -0.410. The van der Waals surface area contributed by atoms with E-state index in [0.29, 0.717) is 13.2 Å². The Morgan fingerprint density at radius 2 is 2.20 bits per heavy atom. The smallest absolute Gasteiger partial charge is 0.158 e. The lowest BCUT2D eigenvalue weighted by Gasteiger charge is -2.01. The number of ether oxygens (including phenoxy) is 1. The van der Waals surface area contributed by atoms with Crippen molar-refractivity contribution in [2.75, 3.05) is 19.9 Å². The van der Waals surface area contributed by atoms with Crippen LogP contribution in [0, 0.1) is 0 Å². The molecule has 0 rings (SSSR count). The largest absolute Gasteiger partial charge is 0.359 e. The second-order valence-electron chi connectivity index (χ2n) is 1.99. The van der Waals surface area contributed by atoms with Crippen molar-refractivity contribution in [1.82, 2.24) is 5.32 Å². The van der Waals surface area contributed by atoms with Crippen LogP contribution in [0.25, 0.3) is 0 Å². The summed E-state index contributed by atoms with van der Waals surface area (Å²) in [5.41, 5.74) is 0. The van der Waals surface area contributed by atoms with E-state index in [1.807, 2.05) is 13.8 Å². The highest BCUT2D eigenvalue weighted by Crippen LogP contribution is 1.80. The van der Waals surface area contributed by atoms with Crippen LogP contribution in [0.2, 0.25) is 0 Å². The molecule has 0 unspecified atom stereocenters. The summed E-state index contributed by atoms with van der Waals surface area (Å²) in [4.78, 5) is 10.6. The van der Waals surface area contributed by atoms with E-state index in [2.05, 4.69) is 5.32 Å². The Kier molecular flexibility index (Phi) is 6.43. The molecule has 0 aliphatic rings.